The zero-order valence-electron chi connectivity index (χ0n) is 17.7. The summed E-state index contributed by atoms with van der Waals surface area (Å²) in [4.78, 5) is 16.2. The molecule has 28 heavy (non-hydrogen) atoms. The highest BCUT2D eigenvalue weighted by atomic mass is 16.5. The van der Waals surface area contributed by atoms with Gasteiger partial charge in [0.25, 0.3) is 0 Å². The predicted octanol–water partition coefficient (Wildman–Crippen LogP) is 3.48. The lowest BCUT2D eigenvalue weighted by molar-refractivity contribution is -0.149. The van der Waals surface area contributed by atoms with Gasteiger partial charge in [-0.1, -0.05) is 19.1 Å². The minimum Gasteiger partial charge on any atom is -0.497 e. The quantitative estimate of drug-likeness (QED) is 0.405. The second-order valence-corrected chi connectivity index (χ2v) is 7.41. The van der Waals surface area contributed by atoms with E-state index in [-0.39, 0.29) is 11.9 Å². The van der Waals surface area contributed by atoms with Crippen molar-refractivity contribution in [2.75, 3.05) is 27.3 Å². The Bertz CT molecular complexity index is 622. The number of methoxy groups -OCH3 is 1. The fourth-order valence-electron chi connectivity index (χ4n) is 3.63. The Kier molecular flexibility index (Phi) is 9.11. The van der Waals surface area contributed by atoms with E-state index in [1.807, 2.05) is 19.1 Å². The number of nitrogens with zero attached hydrogens (tertiary/aromatic N) is 1. The van der Waals surface area contributed by atoms with Crippen LogP contribution >= 0.6 is 0 Å². The van der Waals surface area contributed by atoms with Crippen LogP contribution in [0.15, 0.2) is 29.3 Å². The predicted molar refractivity (Wildman–Crippen MR) is 113 cm³/mol. The van der Waals surface area contributed by atoms with Crippen molar-refractivity contribution in [3.63, 3.8) is 0 Å². The van der Waals surface area contributed by atoms with Crippen molar-refractivity contribution < 1.29 is 14.3 Å². The molecule has 1 aromatic rings. The molecule has 0 radical (unpaired) electrons. The molecule has 0 heterocycles. The van der Waals surface area contributed by atoms with Gasteiger partial charge in [0.2, 0.25) is 0 Å². The number of rotatable bonds is 8. The van der Waals surface area contributed by atoms with E-state index < -0.39 is 0 Å². The Morgan fingerprint density at radius 3 is 2.46 bits per heavy atom. The van der Waals surface area contributed by atoms with E-state index in [1.54, 1.807) is 14.2 Å². The van der Waals surface area contributed by atoms with Crippen LogP contribution in [-0.4, -0.2) is 45.3 Å². The van der Waals surface area contributed by atoms with Crippen LogP contribution < -0.4 is 15.4 Å². The maximum Gasteiger partial charge on any atom is 0.308 e. The average molecular weight is 390 g/mol. The smallest absolute Gasteiger partial charge is 0.308 e. The van der Waals surface area contributed by atoms with Crippen molar-refractivity contribution in [1.29, 1.82) is 0 Å². The third kappa shape index (κ3) is 6.73. The number of nitrogens with one attached hydrogen (secondary N) is 2. The molecule has 0 bridgehead atoms. The minimum absolute atomic E-state index is 0.0454. The minimum atomic E-state index is -0.0454. The number of carbonyl (C=O) groups excluding carboxylic acids is 1. The fourth-order valence-corrected chi connectivity index (χ4v) is 3.63. The summed E-state index contributed by atoms with van der Waals surface area (Å²) in [6, 6.07) is 8.62. The van der Waals surface area contributed by atoms with Crippen molar-refractivity contribution in [3.05, 3.63) is 29.8 Å². The molecule has 1 atom stereocenters. The highest BCUT2D eigenvalue weighted by Gasteiger charge is 2.27. The van der Waals surface area contributed by atoms with Gasteiger partial charge in [0.05, 0.1) is 19.6 Å². The molecule has 1 aliphatic rings. The summed E-state index contributed by atoms with van der Waals surface area (Å²) in [5, 5.41) is 6.91. The Morgan fingerprint density at radius 2 is 1.89 bits per heavy atom. The lowest BCUT2D eigenvalue weighted by Crippen LogP contribution is -2.45. The summed E-state index contributed by atoms with van der Waals surface area (Å²) in [6.45, 7) is 5.40. The molecule has 1 saturated carbocycles. The maximum atomic E-state index is 11.9. The highest BCUT2D eigenvalue weighted by molar-refractivity contribution is 5.80. The molecule has 2 N–H and O–H groups in total. The summed E-state index contributed by atoms with van der Waals surface area (Å²) >= 11 is 0. The average Bonchev–Trinajstić information content (AvgIpc) is 2.73. The molecular weight excluding hydrogens is 354 g/mol. The second kappa shape index (κ2) is 11.6. The van der Waals surface area contributed by atoms with E-state index in [0.29, 0.717) is 18.6 Å². The van der Waals surface area contributed by atoms with Crippen molar-refractivity contribution >= 4 is 11.9 Å². The zero-order chi connectivity index (χ0) is 20.4. The Labute approximate surface area is 169 Å². The lowest BCUT2D eigenvalue weighted by Gasteiger charge is -2.29. The molecule has 1 fully saturated rings. The molecule has 1 aromatic carbocycles. The van der Waals surface area contributed by atoms with Crippen LogP contribution in [0.1, 0.15) is 57.4 Å². The number of benzene rings is 1. The largest absolute Gasteiger partial charge is 0.497 e. The van der Waals surface area contributed by atoms with Crippen LogP contribution in [0, 0.1) is 5.92 Å². The first-order valence-corrected chi connectivity index (χ1v) is 10.3. The van der Waals surface area contributed by atoms with E-state index in [2.05, 4.69) is 34.7 Å². The molecule has 0 spiro atoms. The number of esters is 1. The lowest BCUT2D eigenvalue weighted by atomic mass is 9.86. The van der Waals surface area contributed by atoms with Gasteiger partial charge in [0.1, 0.15) is 5.75 Å². The molecule has 0 saturated heterocycles. The van der Waals surface area contributed by atoms with E-state index in [1.165, 1.54) is 5.56 Å². The number of aliphatic imine (C=N–C) groups is 1. The van der Waals surface area contributed by atoms with Crippen molar-refractivity contribution in [2.45, 2.75) is 57.9 Å². The van der Waals surface area contributed by atoms with Gasteiger partial charge in [-0.15, -0.1) is 0 Å². The topological polar surface area (TPSA) is 72.0 Å². The number of ether oxygens (including phenoxy) is 2. The first-order chi connectivity index (χ1) is 13.6. The van der Waals surface area contributed by atoms with Gasteiger partial charge in [0.15, 0.2) is 5.96 Å². The van der Waals surface area contributed by atoms with E-state index in [0.717, 1.165) is 50.4 Å². The summed E-state index contributed by atoms with van der Waals surface area (Å²) in [7, 11) is 3.48. The van der Waals surface area contributed by atoms with Crippen molar-refractivity contribution in [3.8, 4) is 5.75 Å². The fraction of sp³-hybridized carbons (Fsp3) is 0.636. The molecule has 6 heteroatoms. The van der Waals surface area contributed by atoms with E-state index in [9.17, 15) is 4.79 Å². The monoisotopic (exact) mass is 389 g/mol. The van der Waals surface area contributed by atoms with Crippen LogP contribution in [0.25, 0.3) is 0 Å². The third-order valence-corrected chi connectivity index (χ3v) is 5.47. The molecule has 1 unspecified atom stereocenters. The van der Waals surface area contributed by atoms with Gasteiger partial charge < -0.3 is 20.1 Å². The van der Waals surface area contributed by atoms with Crippen LogP contribution in [0.5, 0.6) is 5.75 Å². The van der Waals surface area contributed by atoms with Gasteiger partial charge >= 0.3 is 5.97 Å². The third-order valence-electron chi connectivity index (χ3n) is 5.47. The van der Waals surface area contributed by atoms with Crippen molar-refractivity contribution in [2.24, 2.45) is 10.9 Å². The highest BCUT2D eigenvalue weighted by Crippen LogP contribution is 2.25. The molecule has 0 aromatic heterocycles. The van der Waals surface area contributed by atoms with Crippen molar-refractivity contribution in [1.82, 2.24) is 10.6 Å². The number of hydrogen-bond donors (Lipinski definition) is 2. The summed E-state index contributed by atoms with van der Waals surface area (Å²) in [5.41, 5.74) is 1.31. The summed E-state index contributed by atoms with van der Waals surface area (Å²) in [5.74, 6) is 2.18. The number of carbonyl (C=O) groups is 1. The SMILES string of the molecule is CCOC(=O)C1CCC(NC(=NC)NCCC(C)c2ccc(OC)cc2)CC1. The first-order valence-electron chi connectivity index (χ1n) is 10.3. The normalized spacial score (nSPS) is 20.9. The molecule has 6 nitrogen and oxygen atoms in total. The molecule has 0 amide bonds. The Balaban J connectivity index is 1.70. The molecular formula is C22H35N3O3. The van der Waals surface area contributed by atoms with Crippen LogP contribution in [0.3, 0.4) is 0 Å². The van der Waals surface area contributed by atoms with Gasteiger partial charge in [-0.3, -0.25) is 9.79 Å². The molecule has 2 rings (SSSR count). The van der Waals surface area contributed by atoms with Crippen LogP contribution in [0.4, 0.5) is 0 Å². The molecule has 1 aliphatic carbocycles. The van der Waals surface area contributed by atoms with Crippen LogP contribution in [0.2, 0.25) is 0 Å². The summed E-state index contributed by atoms with van der Waals surface area (Å²) < 4.78 is 10.4. The van der Waals surface area contributed by atoms with Gasteiger partial charge in [-0.25, -0.2) is 0 Å². The second-order valence-electron chi connectivity index (χ2n) is 7.41. The molecule has 0 aliphatic heterocycles. The van der Waals surface area contributed by atoms with E-state index in [4.69, 9.17) is 9.47 Å². The Hall–Kier alpha value is -2.24. The Morgan fingerprint density at radius 1 is 1.21 bits per heavy atom. The number of hydrogen-bond acceptors (Lipinski definition) is 4. The van der Waals surface area contributed by atoms with E-state index >= 15 is 0 Å². The van der Waals surface area contributed by atoms with Gasteiger partial charge in [0, 0.05) is 19.6 Å². The van der Waals surface area contributed by atoms with Gasteiger partial charge in [-0.05, 0) is 62.6 Å². The first kappa shape index (κ1) is 22.1. The standard InChI is InChI=1S/C22H35N3O3/c1-5-28-21(26)18-6-10-19(11-7-18)25-22(23-3)24-15-14-16(2)17-8-12-20(27-4)13-9-17/h8-9,12-13,16,18-19H,5-7,10-11,14-15H2,1-4H3,(H2,23,24,25). The summed E-state index contributed by atoms with van der Waals surface area (Å²) in [6.07, 6.45) is 4.70. The molecule has 156 valence electrons. The number of guanidine groups is 1. The zero-order valence-corrected chi connectivity index (χ0v) is 17.7. The maximum absolute atomic E-state index is 11.9. The van der Waals surface area contributed by atoms with Crippen LogP contribution in [-0.2, 0) is 9.53 Å². The van der Waals surface area contributed by atoms with Gasteiger partial charge in [-0.2, -0.15) is 0 Å².